The zero-order valence-electron chi connectivity index (χ0n) is 13.1. The second-order valence-electron chi connectivity index (χ2n) is 5.05. The van der Waals surface area contributed by atoms with Crippen molar-refractivity contribution in [1.29, 1.82) is 0 Å². The van der Waals surface area contributed by atoms with Crippen molar-refractivity contribution in [1.82, 2.24) is 15.4 Å². The molecular formula is C17H13F2N3O3. The van der Waals surface area contributed by atoms with Crippen LogP contribution in [0.25, 0.3) is 11.1 Å². The first-order valence-corrected chi connectivity index (χ1v) is 7.28. The molecule has 3 rings (SSSR count). The highest BCUT2D eigenvalue weighted by Gasteiger charge is 2.14. The standard InChI is InChI=1S/C17H13F2N3O3/c1-10(23)15-16(21-22-20-15)24-12-8-6-11(7-9-12)13-4-2-3-5-14(13)25-17(18)19/h2-9,17H,1H3,(H,20,21,22). The lowest BCUT2D eigenvalue weighted by Gasteiger charge is -2.11. The van der Waals surface area contributed by atoms with E-state index in [9.17, 15) is 13.6 Å². The predicted octanol–water partition coefficient (Wildman–Crippen LogP) is 4.07. The first kappa shape index (κ1) is 16.6. The second kappa shape index (κ2) is 7.08. The molecule has 25 heavy (non-hydrogen) atoms. The van der Waals surface area contributed by atoms with Gasteiger partial charge in [-0.15, -0.1) is 5.10 Å². The largest absolute Gasteiger partial charge is 0.437 e. The van der Waals surface area contributed by atoms with E-state index in [0.717, 1.165) is 0 Å². The van der Waals surface area contributed by atoms with Crippen LogP contribution in [0.1, 0.15) is 17.4 Å². The number of H-pyrrole nitrogens is 1. The molecule has 1 N–H and O–H groups in total. The molecular weight excluding hydrogens is 332 g/mol. The van der Waals surface area contributed by atoms with Crippen molar-refractivity contribution in [2.75, 3.05) is 0 Å². The molecule has 0 atom stereocenters. The van der Waals surface area contributed by atoms with E-state index >= 15 is 0 Å². The minimum absolute atomic E-state index is 0.0859. The summed E-state index contributed by atoms with van der Waals surface area (Å²) in [5, 5.41) is 9.69. The van der Waals surface area contributed by atoms with Crippen LogP contribution in [0.15, 0.2) is 48.5 Å². The van der Waals surface area contributed by atoms with Gasteiger partial charge >= 0.3 is 6.61 Å². The van der Waals surface area contributed by atoms with E-state index in [1.807, 2.05) is 0 Å². The number of hydrogen-bond acceptors (Lipinski definition) is 5. The van der Waals surface area contributed by atoms with Crippen LogP contribution in [0, 0.1) is 0 Å². The van der Waals surface area contributed by atoms with Crippen LogP contribution in [-0.4, -0.2) is 27.8 Å². The maximum Gasteiger partial charge on any atom is 0.387 e. The zero-order chi connectivity index (χ0) is 17.8. The molecule has 8 heteroatoms. The highest BCUT2D eigenvalue weighted by molar-refractivity contribution is 5.94. The molecule has 0 aliphatic rings. The van der Waals surface area contributed by atoms with Gasteiger partial charge in [0.1, 0.15) is 11.5 Å². The van der Waals surface area contributed by atoms with E-state index in [-0.39, 0.29) is 23.1 Å². The van der Waals surface area contributed by atoms with E-state index in [0.29, 0.717) is 16.9 Å². The normalized spacial score (nSPS) is 10.7. The number of para-hydroxylation sites is 1. The van der Waals surface area contributed by atoms with E-state index in [1.165, 1.54) is 13.0 Å². The molecule has 0 aliphatic heterocycles. The van der Waals surface area contributed by atoms with E-state index < -0.39 is 6.61 Å². The number of rotatable bonds is 6. The predicted molar refractivity (Wildman–Crippen MR) is 85.0 cm³/mol. The van der Waals surface area contributed by atoms with Gasteiger partial charge < -0.3 is 9.47 Å². The minimum Gasteiger partial charge on any atom is -0.437 e. The van der Waals surface area contributed by atoms with Gasteiger partial charge in [-0.3, -0.25) is 4.79 Å². The van der Waals surface area contributed by atoms with Crippen molar-refractivity contribution in [2.45, 2.75) is 13.5 Å². The number of ether oxygens (including phenoxy) is 2. The lowest BCUT2D eigenvalue weighted by molar-refractivity contribution is -0.0494. The van der Waals surface area contributed by atoms with Crippen molar-refractivity contribution < 1.29 is 23.0 Å². The van der Waals surface area contributed by atoms with Crippen molar-refractivity contribution in [3.8, 4) is 28.5 Å². The minimum atomic E-state index is -2.90. The van der Waals surface area contributed by atoms with Crippen molar-refractivity contribution >= 4 is 5.78 Å². The summed E-state index contributed by atoms with van der Waals surface area (Å²) < 4.78 is 35.1. The van der Waals surface area contributed by atoms with Crippen LogP contribution in [-0.2, 0) is 0 Å². The Kier molecular flexibility index (Phi) is 4.69. The summed E-state index contributed by atoms with van der Waals surface area (Å²) in [5.74, 6) is 0.382. The first-order chi connectivity index (χ1) is 12.0. The molecule has 0 fully saturated rings. The van der Waals surface area contributed by atoms with Crippen LogP contribution in [0.2, 0.25) is 0 Å². The lowest BCUT2D eigenvalue weighted by atomic mass is 10.0. The summed E-state index contributed by atoms with van der Waals surface area (Å²) in [7, 11) is 0. The molecule has 0 unspecified atom stereocenters. The fourth-order valence-electron chi connectivity index (χ4n) is 2.24. The van der Waals surface area contributed by atoms with Crippen molar-refractivity contribution in [2.24, 2.45) is 0 Å². The van der Waals surface area contributed by atoms with Crippen LogP contribution < -0.4 is 9.47 Å². The highest BCUT2D eigenvalue weighted by atomic mass is 19.3. The SMILES string of the molecule is CC(=O)c1nn[nH]c1Oc1ccc(-c2ccccc2OC(F)F)cc1. The second-order valence-corrected chi connectivity index (χ2v) is 5.05. The Hall–Kier alpha value is -3.29. The topological polar surface area (TPSA) is 77.1 Å². The summed E-state index contributed by atoms with van der Waals surface area (Å²) in [6, 6.07) is 13.2. The molecule has 0 spiro atoms. The number of hydrogen-bond donors (Lipinski definition) is 1. The van der Waals surface area contributed by atoms with Gasteiger partial charge in [-0.2, -0.15) is 8.78 Å². The van der Waals surface area contributed by atoms with Gasteiger partial charge in [0.25, 0.3) is 0 Å². The Morgan fingerprint density at radius 2 is 1.84 bits per heavy atom. The number of carbonyl (C=O) groups is 1. The Morgan fingerprint density at radius 3 is 2.52 bits per heavy atom. The zero-order valence-corrected chi connectivity index (χ0v) is 13.1. The summed E-state index contributed by atoms with van der Waals surface area (Å²) in [6.07, 6.45) is 0. The van der Waals surface area contributed by atoms with Gasteiger partial charge in [-0.05, 0) is 23.8 Å². The summed E-state index contributed by atoms with van der Waals surface area (Å²) >= 11 is 0. The number of ketones is 1. The quantitative estimate of drug-likeness (QED) is 0.682. The Labute approximate surface area is 141 Å². The fraction of sp³-hybridized carbons (Fsp3) is 0.118. The van der Waals surface area contributed by atoms with E-state index in [4.69, 9.17) is 4.74 Å². The third kappa shape index (κ3) is 3.79. The van der Waals surface area contributed by atoms with E-state index in [1.54, 1.807) is 42.5 Å². The molecule has 0 radical (unpaired) electrons. The summed E-state index contributed by atoms with van der Waals surface area (Å²) in [5.41, 5.74) is 1.31. The number of nitrogens with zero attached hydrogens (tertiary/aromatic N) is 2. The van der Waals surface area contributed by atoms with Crippen LogP contribution >= 0.6 is 0 Å². The first-order valence-electron chi connectivity index (χ1n) is 7.28. The summed E-state index contributed by atoms with van der Waals surface area (Å²) in [4.78, 5) is 11.4. The number of aromatic amines is 1. The van der Waals surface area contributed by atoms with Gasteiger partial charge in [0.15, 0.2) is 11.5 Å². The molecule has 0 saturated carbocycles. The average molecular weight is 345 g/mol. The lowest BCUT2D eigenvalue weighted by Crippen LogP contribution is -2.02. The Morgan fingerprint density at radius 1 is 1.12 bits per heavy atom. The van der Waals surface area contributed by atoms with Crippen LogP contribution in [0.4, 0.5) is 8.78 Å². The van der Waals surface area contributed by atoms with Gasteiger partial charge in [0.2, 0.25) is 5.88 Å². The molecule has 6 nitrogen and oxygen atoms in total. The van der Waals surface area contributed by atoms with Crippen molar-refractivity contribution in [3.05, 3.63) is 54.2 Å². The fourth-order valence-corrected chi connectivity index (χ4v) is 2.24. The summed E-state index contributed by atoms with van der Waals surface area (Å²) in [6.45, 7) is -1.55. The monoisotopic (exact) mass is 345 g/mol. The highest BCUT2D eigenvalue weighted by Crippen LogP contribution is 2.32. The maximum atomic E-state index is 12.5. The molecule has 1 aromatic heterocycles. The molecule has 2 aromatic carbocycles. The maximum absolute atomic E-state index is 12.5. The van der Waals surface area contributed by atoms with Gasteiger partial charge in [-0.25, -0.2) is 5.10 Å². The van der Waals surface area contributed by atoms with Gasteiger partial charge in [-0.1, -0.05) is 35.5 Å². The molecule has 0 aliphatic carbocycles. The number of Topliss-reactive ketones (excluding diaryl/α,β-unsaturated/α-hetero) is 1. The number of benzene rings is 2. The third-order valence-corrected chi connectivity index (χ3v) is 3.34. The Bertz CT molecular complexity index is 879. The molecule has 0 saturated heterocycles. The van der Waals surface area contributed by atoms with Crippen LogP contribution in [0.3, 0.4) is 0 Å². The number of halogens is 2. The molecule has 1 heterocycles. The van der Waals surface area contributed by atoms with E-state index in [2.05, 4.69) is 20.1 Å². The number of carbonyl (C=O) groups excluding carboxylic acids is 1. The molecule has 3 aromatic rings. The number of alkyl halides is 2. The van der Waals surface area contributed by atoms with Gasteiger partial charge in [0, 0.05) is 12.5 Å². The molecule has 0 bridgehead atoms. The number of aromatic nitrogens is 3. The number of nitrogens with one attached hydrogen (secondary N) is 1. The Balaban J connectivity index is 1.84. The third-order valence-electron chi connectivity index (χ3n) is 3.34. The van der Waals surface area contributed by atoms with Crippen molar-refractivity contribution in [3.63, 3.8) is 0 Å². The molecule has 128 valence electrons. The van der Waals surface area contributed by atoms with Gasteiger partial charge in [0.05, 0.1) is 0 Å². The smallest absolute Gasteiger partial charge is 0.387 e. The van der Waals surface area contributed by atoms with Crippen LogP contribution in [0.5, 0.6) is 17.4 Å². The average Bonchev–Trinajstić information content (AvgIpc) is 3.04. The molecule has 0 amide bonds.